The molecule has 0 aliphatic heterocycles. The van der Waals surface area contributed by atoms with Crippen molar-refractivity contribution in [3.05, 3.63) is 11.6 Å². The zero-order valence-corrected chi connectivity index (χ0v) is 13.7. The van der Waals surface area contributed by atoms with Crippen LogP contribution in [-0.2, 0) is 19.1 Å². The van der Waals surface area contributed by atoms with Crippen molar-refractivity contribution in [1.82, 2.24) is 0 Å². The van der Waals surface area contributed by atoms with E-state index in [1.807, 2.05) is 19.9 Å². The minimum absolute atomic E-state index is 0.123. The van der Waals surface area contributed by atoms with E-state index in [1.54, 1.807) is 6.92 Å². The van der Waals surface area contributed by atoms with Crippen LogP contribution in [0.4, 0.5) is 0 Å². The summed E-state index contributed by atoms with van der Waals surface area (Å²) in [6.45, 7) is 6.68. The first-order chi connectivity index (χ1) is 10.4. The predicted molar refractivity (Wildman–Crippen MR) is 83.8 cm³/mol. The average molecular weight is 312 g/mol. The number of ether oxygens (including phenoxy) is 2. The Labute approximate surface area is 132 Å². The molecule has 0 bridgehead atoms. The number of hydrogen-bond acceptors (Lipinski definition) is 5. The molecular formula is C16H28N2O4. The van der Waals surface area contributed by atoms with Crippen LogP contribution in [0.3, 0.4) is 0 Å². The maximum absolute atomic E-state index is 12.0. The molecule has 1 aliphatic rings. The second-order valence-electron chi connectivity index (χ2n) is 5.77. The molecule has 126 valence electrons. The Balaban J connectivity index is 2.98. The zero-order chi connectivity index (χ0) is 16.7. The van der Waals surface area contributed by atoms with Gasteiger partial charge in [0, 0.05) is 30.6 Å². The smallest absolute Gasteiger partial charge is 0.333 e. The summed E-state index contributed by atoms with van der Waals surface area (Å²) < 4.78 is 10.8. The molecule has 0 aromatic carbocycles. The Bertz CT molecular complexity index is 422. The highest BCUT2D eigenvalue weighted by atomic mass is 16.5. The van der Waals surface area contributed by atoms with Crippen molar-refractivity contribution in [1.29, 1.82) is 0 Å². The number of hydrogen-bond donors (Lipinski definition) is 2. The second-order valence-corrected chi connectivity index (χ2v) is 5.77. The fourth-order valence-corrected chi connectivity index (χ4v) is 2.91. The van der Waals surface area contributed by atoms with E-state index in [9.17, 15) is 9.59 Å². The van der Waals surface area contributed by atoms with Gasteiger partial charge in [0.1, 0.15) is 0 Å². The van der Waals surface area contributed by atoms with Gasteiger partial charge in [-0.3, -0.25) is 4.79 Å². The van der Waals surface area contributed by atoms with Gasteiger partial charge in [-0.05, 0) is 32.6 Å². The highest BCUT2D eigenvalue weighted by molar-refractivity contribution is 5.89. The molecule has 0 fully saturated rings. The van der Waals surface area contributed by atoms with Crippen LogP contribution in [0.15, 0.2) is 11.6 Å². The summed E-state index contributed by atoms with van der Waals surface area (Å²) in [5, 5.41) is 0. The van der Waals surface area contributed by atoms with Crippen molar-refractivity contribution in [3.63, 3.8) is 0 Å². The fourth-order valence-electron chi connectivity index (χ4n) is 2.91. The van der Waals surface area contributed by atoms with Crippen LogP contribution in [0.25, 0.3) is 0 Å². The third-order valence-corrected chi connectivity index (χ3v) is 3.99. The number of primary amides is 1. The standard InChI is InChI=1S/C16H28N2O4/c1-4-6-22-10(3)12-7-11(16(20)21-5-2)8-14(17)13(12)9-15(18)19/h7,10,12-14H,4-6,8-9,17H2,1-3H3,(H2,18,19)/t10?,12-,13+,14-/m0/s1. The number of carbonyl (C=O) groups is 2. The summed E-state index contributed by atoms with van der Waals surface area (Å²) in [7, 11) is 0. The summed E-state index contributed by atoms with van der Waals surface area (Å²) in [6, 6.07) is -0.311. The Morgan fingerprint density at radius 1 is 1.41 bits per heavy atom. The second kappa shape index (κ2) is 8.90. The largest absolute Gasteiger partial charge is 0.463 e. The molecule has 0 aromatic rings. The molecule has 0 radical (unpaired) electrons. The Hall–Kier alpha value is -1.40. The monoisotopic (exact) mass is 312 g/mol. The minimum atomic E-state index is -0.388. The van der Waals surface area contributed by atoms with E-state index < -0.39 is 0 Å². The van der Waals surface area contributed by atoms with Crippen LogP contribution >= 0.6 is 0 Å². The van der Waals surface area contributed by atoms with E-state index in [0.717, 1.165) is 6.42 Å². The third kappa shape index (κ3) is 5.10. The van der Waals surface area contributed by atoms with E-state index >= 15 is 0 Å². The normalized spacial score (nSPS) is 26.2. The van der Waals surface area contributed by atoms with Crippen molar-refractivity contribution in [2.45, 2.75) is 52.2 Å². The molecule has 4 N–H and O–H groups in total. The fraction of sp³-hybridized carbons (Fsp3) is 0.750. The molecule has 0 aromatic heterocycles. The highest BCUT2D eigenvalue weighted by Gasteiger charge is 2.37. The molecule has 1 aliphatic carbocycles. The molecule has 6 heteroatoms. The summed E-state index contributed by atoms with van der Waals surface area (Å²) in [5.74, 6) is -0.978. The van der Waals surface area contributed by atoms with Crippen molar-refractivity contribution in [2.24, 2.45) is 23.3 Å². The first-order valence-electron chi connectivity index (χ1n) is 7.93. The molecule has 1 amide bonds. The Morgan fingerprint density at radius 2 is 2.09 bits per heavy atom. The summed E-state index contributed by atoms with van der Waals surface area (Å²) in [4.78, 5) is 23.3. The van der Waals surface area contributed by atoms with Gasteiger partial charge in [0.05, 0.1) is 12.7 Å². The van der Waals surface area contributed by atoms with Crippen molar-refractivity contribution in [3.8, 4) is 0 Å². The van der Waals surface area contributed by atoms with Crippen LogP contribution in [0.1, 0.15) is 40.0 Å². The van der Waals surface area contributed by atoms with Gasteiger partial charge in [0.2, 0.25) is 5.91 Å². The average Bonchev–Trinajstić information content (AvgIpc) is 2.46. The molecular weight excluding hydrogens is 284 g/mol. The lowest BCUT2D eigenvalue weighted by atomic mass is 9.73. The number of rotatable bonds is 8. The van der Waals surface area contributed by atoms with E-state index in [4.69, 9.17) is 20.9 Å². The van der Waals surface area contributed by atoms with E-state index in [1.165, 1.54) is 0 Å². The molecule has 0 heterocycles. The maximum Gasteiger partial charge on any atom is 0.333 e. The molecule has 0 saturated heterocycles. The molecule has 1 unspecified atom stereocenters. The van der Waals surface area contributed by atoms with Gasteiger partial charge < -0.3 is 20.9 Å². The quantitative estimate of drug-likeness (QED) is 0.654. The molecule has 22 heavy (non-hydrogen) atoms. The number of carbonyl (C=O) groups excluding carboxylic acids is 2. The first-order valence-corrected chi connectivity index (χ1v) is 7.93. The third-order valence-electron chi connectivity index (χ3n) is 3.99. The van der Waals surface area contributed by atoms with Crippen molar-refractivity contribution in [2.75, 3.05) is 13.2 Å². The van der Waals surface area contributed by atoms with E-state index in [0.29, 0.717) is 25.2 Å². The van der Waals surface area contributed by atoms with E-state index in [2.05, 4.69) is 0 Å². The SMILES string of the molecule is CCCOC(C)[C@@H]1C=C(C(=O)OCC)C[C@H](N)[C@@H]1CC(N)=O. The maximum atomic E-state index is 12.0. The molecule has 0 spiro atoms. The summed E-state index contributed by atoms with van der Waals surface area (Å²) in [6.07, 6.45) is 3.21. The molecule has 0 saturated carbocycles. The van der Waals surface area contributed by atoms with Crippen LogP contribution in [-0.4, -0.2) is 37.2 Å². The van der Waals surface area contributed by atoms with Crippen LogP contribution in [0, 0.1) is 11.8 Å². The summed E-state index contributed by atoms with van der Waals surface area (Å²) in [5.41, 5.74) is 12.1. The zero-order valence-electron chi connectivity index (χ0n) is 13.7. The first kappa shape index (κ1) is 18.6. The van der Waals surface area contributed by atoms with E-state index in [-0.39, 0.29) is 42.3 Å². The van der Waals surface area contributed by atoms with Crippen molar-refractivity contribution < 1.29 is 19.1 Å². The van der Waals surface area contributed by atoms with Crippen LogP contribution < -0.4 is 11.5 Å². The van der Waals surface area contributed by atoms with Gasteiger partial charge in [0.15, 0.2) is 0 Å². The topological polar surface area (TPSA) is 105 Å². The van der Waals surface area contributed by atoms with Gasteiger partial charge in [-0.25, -0.2) is 4.79 Å². The molecule has 6 nitrogen and oxygen atoms in total. The number of nitrogens with two attached hydrogens (primary N) is 2. The van der Waals surface area contributed by atoms with Gasteiger partial charge in [-0.1, -0.05) is 13.0 Å². The van der Waals surface area contributed by atoms with Crippen LogP contribution in [0.2, 0.25) is 0 Å². The van der Waals surface area contributed by atoms with Crippen molar-refractivity contribution >= 4 is 11.9 Å². The Morgan fingerprint density at radius 3 is 2.64 bits per heavy atom. The lowest BCUT2D eigenvalue weighted by Crippen LogP contribution is -2.45. The van der Waals surface area contributed by atoms with Gasteiger partial charge in [-0.15, -0.1) is 0 Å². The lowest BCUT2D eigenvalue weighted by molar-refractivity contribution is -0.139. The predicted octanol–water partition coefficient (Wildman–Crippen LogP) is 1.13. The molecule has 1 rings (SSSR count). The number of esters is 1. The highest BCUT2D eigenvalue weighted by Crippen LogP contribution is 2.34. The molecule has 4 atom stereocenters. The minimum Gasteiger partial charge on any atom is -0.463 e. The summed E-state index contributed by atoms with van der Waals surface area (Å²) >= 11 is 0. The van der Waals surface area contributed by atoms with Gasteiger partial charge >= 0.3 is 5.97 Å². The number of amides is 1. The van der Waals surface area contributed by atoms with Gasteiger partial charge in [-0.2, -0.15) is 0 Å². The lowest BCUT2D eigenvalue weighted by Gasteiger charge is -2.37. The van der Waals surface area contributed by atoms with Gasteiger partial charge in [0.25, 0.3) is 0 Å². The van der Waals surface area contributed by atoms with Crippen LogP contribution in [0.5, 0.6) is 0 Å². The Kier molecular flexibility index (Phi) is 7.55.